The smallest absolute Gasteiger partial charge is 0.123 e. The molecule has 0 spiro atoms. The Labute approximate surface area is 74.9 Å². The second-order valence-electron chi connectivity index (χ2n) is 4.40. The largest absolute Gasteiger partial charge is 0.309 e. The number of carbonyl (C=O) groups is 1. The minimum Gasteiger partial charge on any atom is -0.309 e. The molecule has 0 aromatic carbocycles. The second-order valence-corrected chi connectivity index (χ2v) is 4.40. The van der Waals surface area contributed by atoms with Gasteiger partial charge in [0.2, 0.25) is 0 Å². The van der Waals surface area contributed by atoms with Crippen LogP contribution in [-0.2, 0) is 4.79 Å². The fourth-order valence-corrected chi connectivity index (χ4v) is 2.29. The summed E-state index contributed by atoms with van der Waals surface area (Å²) in [6, 6.07) is 0. The predicted octanol–water partition coefficient (Wildman–Crippen LogP) is 1.41. The second kappa shape index (κ2) is 4.04. The van der Waals surface area contributed by atoms with Crippen LogP contribution in [0.1, 0.15) is 19.8 Å². The minimum atomic E-state index is 0.322. The van der Waals surface area contributed by atoms with Crippen molar-refractivity contribution in [2.75, 3.05) is 20.6 Å². The summed E-state index contributed by atoms with van der Waals surface area (Å²) >= 11 is 0. The molecule has 2 nitrogen and oxygen atoms in total. The lowest BCUT2D eigenvalue weighted by atomic mass is 9.97. The number of hydrogen-bond acceptors (Lipinski definition) is 2. The first-order valence-corrected chi connectivity index (χ1v) is 4.73. The molecule has 1 aliphatic rings. The molecule has 12 heavy (non-hydrogen) atoms. The van der Waals surface area contributed by atoms with Crippen molar-refractivity contribution in [3.05, 3.63) is 0 Å². The lowest BCUT2D eigenvalue weighted by Crippen LogP contribution is -2.24. The average Bonchev–Trinajstić information content (AvgIpc) is 2.29. The van der Waals surface area contributed by atoms with Crippen molar-refractivity contribution in [2.24, 2.45) is 17.8 Å². The van der Waals surface area contributed by atoms with Gasteiger partial charge in [-0.05, 0) is 38.8 Å². The molecule has 0 heterocycles. The van der Waals surface area contributed by atoms with Crippen LogP contribution < -0.4 is 0 Å². The molecule has 1 saturated carbocycles. The van der Waals surface area contributed by atoms with Crippen LogP contribution in [0.3, 0.4) is 0 Å². The molecule has 70 valence electrons. The Bertz CT molecular complexity index is 156. The molecule has 0 saturated heterocycles. The van der Waals surface area contributed by atoms with E-state index in [0.717, 1.165) is 25.2 Å². The number of carbonyl (C=O) groups excluding carboxylic acids is 1. The maximum absolute atomic E-state index is 10.7. The summed E-state index contributed by atoms with van der Waals surface area (Å²) in [5.74, 6) is 1.67. The van der Waals surface area contributed by atoms with E-state index < -0.39 is 0 Å². The molecule has 1 fully saturated rings. The first-order valence-electron chi connectivity index (χ1n) is 4.73. The first-order chi connectivity index (χ1) is 5.63. The third kappa shape index (κ3) is 2.31. The number of aldehydes is 1. The Balaban J connectivity index is 2.46. The van der Waals surface area contributed by atoms with E-state index in [9.17, 15) is 4.79 Å². The fraction of sp³-hybridized carbons (Fsp3) is 0.900. The lowest BCUT2D eigenvalue weighted by molar-refractivity contribution is -0.112. The molecule has 0 radical (unpaired) electrons. The summed E-state index contributed by atoms with van der Waals surface area (Å²) in [6.07, 6.45) is 3.47. The van der Waals surface area contributed by atoms with E-state index >= 15 is 0 Å². The molecule has 0 aromatic heterocycles. The van der Waals surface area contributed by atoms with E-state index in [2.05, 4.69) is 25.9 Å². The Hall–Kier alpha value is -0.370. The van der Waals surface area contributed by atoms with Crippen LogP contribution in [0.4, 0.5) is 0 Å². The average molecular weight is 169 g/mol. The van der Waals surface area contributed by atoms with Gasteiger partial charge < -0.3 is 9.69 Å². The van der Waals surface area contributed by atoms with Crippen molar-refractivity contribution >= 4 is 6.29 Å². The Morgan fingerprint density at radius 2 is 2.08 bits per heavy atom. The molecule has 0 bridgehead atoms. The highest BCUT2D eigenvalue weighted by Crippen LogP contribution is 2.34. The summed E-state index contributed by atoms with van der Waals surface area (Å²) in [4.78, 5) is 12.9. The van der Waals surface area contributed by atoms with Gasteiger partial charge in [-0.3, -0.25) is 0 Å². The van der Waals surface area contributed by atoms with Crippen molar-refractivity contribution in [3.63, 3.8) is 0 Å². The zero-order valence-electron chi connectivity index (χ0n) is 8.29. The number of nitrogens with zero attached hydrogens (tertiary/aromatic N) is 1. The minimum absolute atomic E-state index is 0.322. The van der Waals surface area contributed by atoms with E-state index in [0.29, 0.717) is 11.8 Å². The topological polar surface area (TPSA) is 20.3 Å². The molecule has 0 N–H and O–H groups in total. The van der Waals surface area contributed by atoms with E-state index in [1.807, 2.05) is 0 Å². The van der Waals surface area contributed by atoms with Gasteiger partial charge in [0.25, 0.3) is 0 Å². The molecule has 0 aliphatic heterocycles. The predicted molar refractivity (Wildman–Crippen MR) is 50.0 cm³/mol. The van der Waals surface area contributed by atoms with E-state index in [1.165, 1.54) is 6.42 Å². The zero-order valence-corrected chi connectivity index (χ0v) is 8.29. The van der Waals surface area contributed by atoms with Crippen LogP contribution in [-0.4, -0.2) is 31.8 Å². The Kier molecular flexibility index (Phi) is 3.27. The van der Waals surface area contributed by atoms with Crippen LogP contribution >= 0.6 is 0 Å². The normalized spacial score (nSPS) is 35.8. The maximum Gasteiger partial charge on any atom is 0.123 e. The molecule has 1 aliphatic carbocycles. The van der Waals surface area contributed by atoms with Gasteiger partial charge in [0.05, 0.1) is 0 Å². The molecular formula is C10H19NO. The van der Waals surface area contributed by atoms with E-state index in [4.69, 9.17) is 0 Å². The zero-order chi connectivity index (χ0) is 9.14. The van der Waals surface area contributed by atoms with E-state index in [1.54, 1.807) is 0 Å². The van der Waals surface area contributed by atoms with E-state index in [-0.39, 0.29) is 0 Å². The summed E-state index contributed by atoms with van der Waals surface area (Å²) < 4.78 is 0. The monoisotopic (exact) mass is 169 g/mol. The van der Waals surface area contributed by atoms with Crippen molar-refractivity contribution in [1.82, 2.24) is 4.90 Å². The van der Waals surface area contributed by atoms with Gasteiger partial charge in [0.15, 0.2) is 0 Å². The van der Waals surface area contributed by atoms with Crippen molar-refractivity contribution in [1.29, 1.82) is 0 Å². The molecule has 1 rings (SSSR count). The van der Waals surface area contributed by atoms with Gasteiger partial charge in [-0.25, -0.2) is 0 Å². The molecule has 2 heteroatoms. The van der Waals surface area contributed by atoms with Crippen molar-refractivity contribution < 1.29 is 4.79 Å². The standard InChI is InChI=1S/C10H19NO/c1-8-4-9(6-11(2)3)10(5-8)7-12/h7-10H,4-6H2,1-3H3. The first kappa shape index (κ1) is 9.72. The van der Waals surface area contributed by atoms with Gasteiger partial charge in [0.1, 0.15) is 6.29 Å². The van der Waals surface area contributed by atoms with Gasteiger partial charge in [-0.2, -0.15) is 0 Å². The quantitative estimate of drug-likeness (QED) is 0.595. The van der Waals surface area contributed by atoms with Crippen LogP contribution in [0.25, 0.3) is 0 Å². The molecule has 0 amide bonds. The van der Waals surface area contributed by atoms with Crippen molar-refractivity contribution in [3.8, 4) is 0 Å². The summed E-state index contributed by atoms with van der Waals surface area (Å²) in [6.45, 7) is 3.31. The summed E-state index contributed by atoms with van der Waals surface area (Å²) in [7, 11) is 4.15. The van der Waals surface area contributed by atoms with Gasteiger partial charge >= 0.3 is 0 Å². The third-order valence-electron chi connectivity index (χ3n) is 2.76. The van der Waals surface area contributed by atoms with Gasteiger partial charge in [-0.15, -0.1) is 0 Å². The number of rotatable bonds is 3. The van der Waals surface area contributed by atoms with Gasteiger partial charge in [-0.1, -0.05) is 6.92 Å². The highest BCUT2D eigenvalue weighted by atomic mass is 16.1. The highest BCUT2D eigenvalue weighted by Gasteiger charge is 2.31. The van der Waals surface area contributed by atoms with Crippen molar-refractivity contribution in [2.45, 2.75) is 19.8 Å². The molecule has 3 atom stereocenters. The lowest BCUT2D eigenvalue weighted by Gasteiger charge is -2.18. The van der Waals surface area contributed by atoms with Crippen LogP contribution in [0.5, 0.6) is 0 Å². The summed E-state index contributed by atoms with van der Waals surface area (Å²) in [5.41, 5.74) is 0. The van der Waals surface area contributed by atoms with Crippen LogP contribution in [0.15, 0.2) is 0 Å². The fourth-order valence-electron chi connectivity index (χ4n) is 2.29. The maximum atomic E-state index is 10.7. The molecule has 3 unspecified atom stereocenters. The third-order valence-corrected chi connectivity index (χ3v) is 2.76. The highest BCUT2D eigenvalue weighted by molar-refractivity contribution is 5.54. The molecular weight excluding hydrogens is 150 g/mol. The SMILES string of the molecule is CC1CC(C=O)C(CN(C)C)C1. The summed E-state index contributed by atoms with van der Waals surface area (Å²) in [5, 5.41) is 0. The van der Waals surface area contributed by atoms with Crippen LogP contribution in [0.2, 0.25) is 0 Å². The van der Waals surface area contributed by atoms with Gasteiger partial charge in [0, 0.05) is 12.5 Å². The van der Waals surface area contributed by atoms with Crippen LogP contribution in [0, 0.1) is 17.8 Å². The Morgan fingerprint density at radius 1 is 1.42 bits per heavy atom. The molecule has 0 aromatic rings. The number of hydrogen-bond donors (Lipinski definition) is 0. The Morgan fingerprint density at radius 3 is 2.58 bits per heavy atom.